The van der Waals surface area contributed by atoms with Crippen molar-refractivity contribution in [3.8, 4) is 11.3 Å². The number of esters is 1. The topological polar surface area (TPSA) is 73.6 Å². The molecule has 1 aromatic heterocycles. The van der Waals surface area contributed by atoms with Gasteiger partial charge in [0, 0.05) is 5.56 Å². The minimum absolute atomic E-state index is 0.137. The number of aromatic nitrogens is 2. The number of fused-ring (bicyclic) bond motifs is 3. The Kier molecular flexibility index (Phi) is 6.29. The fourth-order valence-electron chi connectivity index (χ4n) is 5.40. The largest absolute Gasteiger partial charge is 0.465 e. The van der Waals surface area contributed by atoms with Crippen molar-refractivity contribution < 1.29 is 19.4 Å². The van der Waals surface area contributed by atoms with Crippen molar-refractivity contribution in [3.05, 3.63) is 77.7 Å². The lowest BCUT2D eigenvalue weighted by atomic mass is 9.81. The molecule has 6 heteroatoms. The number of hydrogen-bond donors (Lipinski definition) is 1. The van der Waals surface area contributed by atoms with Gasteiger partial charge in [0.2, 0.25) is 0 Å². The van der Waals surface area contributed by atoms with Crippen LogP contribution in [-0.2, 0) is 16.1 Å². The zero-order valence-electron chi connectivity index (χ0n) is 18.9. The van der Waals surface area contributed by atoms with Gasteiger partial charge in [0.25, 0.3) is 0 Å². The van der Waals surface area contributed by atoms with Crippen molar-refractivity contribution in [1.82, 2.24) is 9.55 Å². The van der Waals surface area contributed by atoms with E-state index in [0.717, 1.165) is 36.9 Å². The van der Waals surface area contributed by atoms with Crippen molar-refractivity contribution in [1.29, 1.82) is 0 Å². The first-order valence-electron chi connectivity index (χ1n) is 11.7. The van der Waals surface area contributed by atoms with E-state index in [1.54, 1.807) is 6.07 Å². The Balaban J connectivity index is 1.16. The average molecular weight is 447 g/mol. The van der Waals surface area contributed by atoms with E-state index < -0.39 is 0 Å². The number of imidazole rings is 1. The van der Waals surface area contributed by atoms with Crippen molar-refractivity contribution in [3.63, 3.8) is 0 Å². The van der Waals surface area contributed by atoms with Crippen molar-refractivity contribution >= 4 is 5.97 Å². The van der Waals surface area contributed by atoms with Crippen molar-refractivity contribution in [2.45, 2.75) is 57.0 Å². The summed E-state index contributed by atoms with van der Waals surface area (Å²) in [4.78, 5) is 16.3. The molecule has 2 atom stereocenters. The Hall–Kier alpha value is -2.96. The summed E-state index contributed by atoms with van der Waals surface area (Å²) in [7, 11) is 1.39. The van der Waals surface area contributed by atoms with Crippen LogP contribution in [0.1, 0.15) is 59.6 Å². The summed E-state index contributed by atoms with van der Waals surface area (Å²) in [6.45, 7) is 0.394. The van der Waals surface area contributed by atoms with E-state index in [0.29, 0.717) is 18.6 Å². The summed E-state index contributed by atoms with van der Waals surface area (Å²) < 4.78 is 13.2. The number of nitrogens with zero attached hydrogens (tertiary/aromatic N) is 2. The Morgan fingerprint density at radius 1 is 1.12 bits per heavy atom. The number of aliphatic hydroxyl groups excluding tert-OH is 1. The van der Waals surface area contributed by atoms with Gasteiger partial charge in [0.05, 0.1) is 55.7 Å². The normalized spacial score (nSPS) is 22.4. The minimum Gasteiger partial charge on any atom is -0.465 e. The molecule has 3 aromatic rings. The maximum atomic E-state index is 12.0. The Labute approximate surface area is 194 Å². The van der Waals surface area contributed by atoms with Gasteiger partial charge in [-0.05, 0) is 55.2 Å². The molecule has 0 radical (unpaired) electrons. The molecule has 33 heavy (non-hydrogen) atoms. The van der Waals surface area contributed by atoms with Gasteiger partial charge in [-0.15, -0.1) is 0 Å². The van der Waals surface area contributed by atoms with Crippen LogP contribution in [0, 0.1) is 5.92 Å². The average Bonchev–Trinajstić information content (AvgIpc) is 3.45. The highest BCUT2D eigenvalue weighted by Gasteiger charge is 2.33. The number of rotatable bonds is 7. The van der Waals surface area contributed by atoms with Gasteiger partial charge in [-0.25, -0.2) is 9.78 Å². The summed E-state index contributed by atoms with van der Waals surface area (Å²) in [6.07, 6.45) is 7.98. The van der Waals surface area contributed by atoms with Crippen LogP contribution in [0.5, 0.6) is 0 Å². The first kappa shape index (κ1) is 21.9. The van der Waals surface area contributed by atoms with E-state index in [-0.39, 0.29) is 30.1 Å². The highest BCUT2D eigenvalue weighted by atomic mass is 16.5. The van der Waals surface area contributed by atoms with Crippen molar-refractivity contribution in [2.24, 2.45) is 5.92 Å². The molecule has 1 fully saturated rings. The highest BCUT2D eigenvalue weighted by molar-refractivity contribution is 5.90. The zero-order valence-corrected chi connectivity index (χ0v) is 18.9. The highest BCUT2D eigenvalue weighted by Crippen LogP contribution is 2.42. The first-order valence-corrected chi connectivity index (χ1v) is 11.7. The molecular weight excluding hydrogens is 416 g/mol. The van der Waals surface area contributed by atoms with E-state index in [1.807, 2.05) is 30.7 Å². The number of carbonyl (C=O) groups excluding carboxylic acids is 1. The third-order valence-electron chi connectivity index (χ3n) is 7.22. The summed E-state index contributed by atoms with van der Waals surface area (Å²) >= 11 is 0. The first-order chi connectivity index (χ1) is 16.2. The molecule has 5 rings (SSSR count). The summed E-state index contributed by atoms with van der Waals surface area (Å²) in [6, 6.07) is 16.0. The molecule has 0 saturated heterocycles. The summed E-state index contributed by atoms with van der Waals surface area (Å²) in [5, 5.41) is 11.1. The number of hydrogen-bond acceptors (Lipinski definition) is 5. The minimum atomic E-state index is -0.364. The Morgan fingerprint density at radius 2 is 1.88 bits per heavy atom. The number of benzene rings is 2. The van der Waals surface area contributed by atoms with Crippen LogP contribution in [0.25, 0.3) is 11.3 Å². The maximum Gasteiger partial charge on any atom is 0.338 e. The number of ether oxygens (including phenoxy) is 2. The molecule has 0 amide bonds. The molecule has 0 spiro atoms. The molecule has 172 valence electrons. The zero-order chi connectivity index (χ0) is 22.8. The Bertz CT molecular complexity index is 1120. The quantitative estimate of drug-likeness (QED) is 0.530. The van der Waals surface area contributed by atoms with Crippen LogP contribution in [0.2, 0.25) is 0 Å². The van der Waals surface area contributed by atoms with Crippen LogP contribution in [0.3, 0.4) is 0 Å². The standard InChI is InChI=1S/C27H30N2O4/c1-32-27(31)21-7-3-2-6-19(21)16-33-20-12-10-18(11-13-20)26(30)14-24-22-8-4-5-9-23(22)25-15-28-17-29(24)25/h2-9,15,17-18,20,24,26,30H,10-14,16H2,1H3. The van der Waals surface area contributed by atoms with Gasteiger partial charge in [0.15, 0.2) is 0 Å². The van der Waals surface area contributed by atoms with E-state index in [2.05, 4.69) is 33.8 Å². The fourth-order valence-corrected chi connectivity index (χ4v) is 5.40. The molecule has 6 nitrogen and oxygen atoms in total. The molecule has 1 aliphatic heterocycles. The predicted octanol–water partition coefficient (Wildman–Crippen LogP) is 4.77. The molecule has 0 bridgehead atoms. The monoisotopic (exact) mass is 446 g/mol. The molecule has 1 saturated carbocycles. The van der Waals surface area contributed by atoms with E-state index >= 15 is 0 Å². The van der Waals surface area contributed by atoms with Crippen LogP contribution >= 0.6 is 0 Å². The van der Waals surface area contributed by atoms with Gasteiger partial charge < -0.3 is 19.1 Å². The molecule has 2 heterocycles. The molecule has 2 unspecified atom stereocenters. The number of methoxy groups -OCH3 is 1. The van der Waals surface area contributed by atoms with Crippen LogP contribution in [0.15, 0.2) is 61.1 Å². The van der Waals surface area contributed by atoms with Crippen LogP contribution in [-0.4, -0.2) is 39.9 Å². The molecule has 2 aromatic carbocycles. The molecule has 2 aliphatic rings. The van der Waals surface area contributed by atoms with Gasteiger partial charge in [-0.1, -0.05) is 42.5 Å². The van der Waals surface area contributed by atoms with Gasteiger partial charge in [0.1, 0.15) is 0 Å². The van der Waals surface area contributed by atoms with Crippen molar-refractivity contribution in [2.75, 3.05) is 7.11 Å². The Morgan fingerprint density at radius 3 is 2.70 bits per heavy atom. The lowest BCUT2D eigenvalue weighted by Crippen LogP contribution is -2.30. The van der Waals surface area contributed by atoms with Gasteiger partial charge in [-0.3, -0.25) is 0 Å². The fraction of sp³-hybridized carbons (Fsp3) is 0.407. The van der Waals surface area contributed by atoms with Gasteiger partial charge >= 0.3 is 5.97 Å². The van der Waals surface area contributed by atoms with Gasteiger partial charge in [-0.2, -0.15) is 0 Å². The lowest BCUT2D eigenvalue weighted by Gasteiger charge is -2.33. The van der Waals surface area contributed by atoms with Crippen LogP contribution < -0.4 is 0 Å². The molecular formula is C27H30N2O4. The van der Waals surface area contributed by atoms with E-state index in [4.69, 9.17) is 9.47 Å². The second-order valence-corrected chi connectivity index (χ2v) is 9.09. The smallest absolute Gasteiger partial charge is 0.338 e. The summed E-state index contributed by atoms with van der Waals surface area (Å²) in [5.41, 5.74) is 5.03. The number of carbonyl (C=O) groups is 1. The second kappa shape index (κ2) is 9.49. The molecule has 1 aliphatic carbocycles. The SMILES string of the molecule is COC(=O)c1ccccc1COC1CCC(C(O)CC2c3ccccc3-c3cncn32)CC1. The van der Waals surface area contributed by atoms with E-state index in [9.17, 15) is 9.90 Å². The second-order valence-electron chi connectivity index (χ2n) is 9.09. The number of aliphatic hydroxyl groups is 1. The predicted molar refractivity (Wildman–Crippen MR) is 125 cm³/mol. The van der Waals surface area contributed by atoms with Crippen LogP contribution in [0.4, 0.5) is 0 Å². The third kappa shape index (κ3) is 4.33. The van der Waals surface area contributed by atoms with E-state index in [1.165, 1.54) is 18.2 Å². The summed E-state index contributed by atoms with van der Waals surface area (Å²) in [5.74, 6) is -0.0671. The lowest BCUT2D eigenvalue weighted by molar-refractivity contribution is -0.0163. The molecule has 1 N–H and O–H groups in total. The maximum absolute atomic E-state index is 12.0. The third-order valence-corrected chi connectivity index (χ3v) is 7.22.